The Balaban J connectivity index is 1.53. The average molecular weight is 353 g/mol. The molecule has 0 radical (unpaired) electrons. The van der Waals surface area contributed by atoms with Crippen molar-refractivity contribution in [2.45, 2.75) is 31.1 Å². The van der Waals surface area contributed by atoms with E-state index in [0.29, 0.717) is 5.25 Å². The number of aromatic nitrogens is 3. The molecular formula is C20H24N4S. The fourth-order valence-electron chi connectivity index (χ4n) is 2.76. The van der Waals surface area contributed by atoms with Gasteiger partial charge in [0.2, 0.25) is 0 Å². The lowest BCUT2D eigenvalue weighted by molar-refractivity contribution is 0.623. The van der Waals surface area contributed by atoms with E-state index < -0.39 is 0 Å². The van der Waals surface area contributed by atoms with Gasteiger partial charge in [-0.15, -0.1) is 0 Å². The summed E-state index contributed by atoms with van der Waals surface area (Å²) in [4.78, 5) is 8.26. The van der Waals surface area contributed by atoms with Crippen LogP contribution in [0.5, 0.6) is 0 Å². The minimum absolute atomic E-state index is 0.566. The third-order valence-corrected chi connectivity index (χ3v) is 5.50. The zero-order chi connectivity index (χ0) is 17.3. The Labute approximate surface area is 153 Å². The largest absolute Gasteiger partial charge is 0.399 e. The number of anilines is 1. The van der Waals surface area contributed by atoms with Gasteiger partial charge in [-0.2, -0.15) is 11.8 Å². The second-order valence-corrected chi connectivity index (χ2v) is 7.55. The quantitative estimate of drug-likeness (QED) is 0.595. The highest BCUT2D eigenvalue weighted by atomic mass is 32.2. The maximum Gasteiger partial charge on any atom is 0.0946 e. The Hall–Kier alpha value is -2.27. The lowest BCUT2D eigenvalue weighted by Gasteiger charge is -2.17. The van der Waals surface area contributed by atoms with Gasteiger partial charge in [-0.3, -0.25) is 4.98 Å². The van der Waals surface area contributed by atoms with Crippen LogP contribution in [0.15, 0.2) is 67.5 Å². The highest BCUT2D eigenvalue weighted by Crippen LogP contribution is 2.21. The van der Waals surface area contributed by atoms with Crippen molar-refractivity contribution in [3.63, 3.8) is 0 Å². The molecule has 2 heterocycles. The van der Waals surface area contributed by atoms with Crippen LogP contribution in [0.4, 0.5) is 5.69 Å². The second-order valence-electron chi connectivity index (χ2n) is 6.14. The molecule has 0 fully saturated rings. The van der Waals surface area contributed by atoms with Gasteiger partial charge in [0, 0.05) is 42.3 Å². The van der Waals surface area contributed by atoms with Crippen molar-refractivity contribution in [3.8, 4) is 0 Å². The van der Waals surface area contributed by atoms with Crippen LogP contribution in [0.2, 0.25) is 0 Å². The summed E-state index contributed by atoms with van der Waals surface area (Å²) in [5.74, 6) is 1.11. The molecule has 0 bridgehead atoms. The molecule has 0 spiro atoms. The van der Waals surface area contributed by atoms with Gasteiger partial charge in [-0.25, -0.2) is 4.98 Å². The van der Waals surface area contributed by atoms with E-state index in [-0.39, 0.29) is 0 Å². The Morgan fingerprint density at radius 3 is 2.40 bits per heavy atom. The fraction of sp³-hybridized carbons (Fsp3) is 0.300. The summed E-state index contributed by atoms with van der Waals surface area (Å²) in [7, 11) is 0. The van der Waals surface area contributed by atoms with E-state index in [1.807, 2.05) is 55.0 Å². The summed E-state index contributed by atoms with van der Waals surface area (Å²) in [5, 5.41) is 0.566. The van der Waals surface area contributed by atoms with Crippen molar-refractivity contribution in [3.05, 3.63) is 78.6 Å². The SMILES string of the molecule is Nc1ccc(CCSC(CCc2ccncc2)Cn2ccnc2)cc1. The number of rotatable bonds is 9. The number of nitrogens with zero attached hydrogens (tertiary/aromatic N) is 3. The first kappa shape index (κ1) is 17.5. The molecule has 0 aliphatic rings. The number of imidazole rings is 1. The maximum absolute atomic E-state index is 5.76. The topological polar surface area (TPSA) is 56.7 Å². The van der Waals surface area contributed by atoms with E-state index in [1.54, 1.807) is 0 Å². The van der Waals surface area contributed by atoms with Gasteiger partial charge in [-0.1, -0.05) is 12.1 Å². The lowest BCUT2D eigenvalue weighted by atomic mass is 10.1. The first-order valence-corrected chi connectivity index (χ1v) is 9.65. The molecule has 0 amide bonds. The molecule has 130 valence electrons. The van der Waals surface area contributed by atoms with Gasteiger partial charge in [0.1, 0.15) is 0 Å². The number of aryl methyl sites for hydroxylation is 2. The maximum atomic E-state index is 5.76. The van der Waals surface area contributed by atoms with Crippen molar-refractivity contribution in [2.75, 3.05) is 11.5 Å². The molecular weight excluding hydrogens is 328 g/mol. The molecule has 3 rings (SSSR count). The van der Waals surface area contributed by atoms with E-state index in [4.69, 9.17) is 5.73 Å². The van der Waals surface area contributed by atoms with Crippen molar-refractivity contribution in [2.24, 2.45) is 0 Å². The van der Waals surface area contributed by atoms with Crippen LogP contribution in [-0.4, -0.2) is 25.5 Å². The minimum atomic E-state index is 0.566. The molecule has 1 aromatic carbocycles. The van der Waals surface area contributed by atoms with E-state index in [0.717, 1.165) is 37.2 Å². The van der Waals surface area contributed by atoms with Crippen LogP contribution in [0.25, 0.3) is 0 Å². The monoisotopic (exact) mass is 352 g/mol. The first-order chi connectivity index (χ1) is 12.3. The number of hydrogen-bond donors (Lipinski definition) is 1. The number of benzene rings is 1. The second kappa shape index (κ2) is 9.28. The highest BCUT2D eigenvalue weighted by Gasteiger charge is 2.11. The first-order valence-electron chi connectivity index (χ1n) is 8.60. The molecule has 1 atom stereocenters. The third kappa shape index (κ3) is 5.94. The van der Waals surface area contributed by atoms with Crippen LogP contribution in [0.1, 0.15) is 17.5 Å². The summed E-state index contributed by atoms with van der Waals surface area (Å²) >= 11 is 2.04. The predicted octanol–water partition coefficient (Wildman–Crippen LogP) is 3.84. The summed E-state index contributed by atoms with van der Waals surface area (Å²) in [6.07, 6.45) is 12.8. The molecule has 4 nitrogen and oxygen atoms in total. The van der Waals surface area contributed by atoms with Crippen LogP contribution in [0, 0.1) is 0 Å². The van der Waals surface area contributed by atoms with E-state index in [1.165, 1.54) is 11.1 Å². The summed E-state index contributed by atoms with van der Waals surface area (Å²) in [6, 6.07) is 12.4. The third-order valence-electron chi connectivity index (χ3n) is 4.20. The Kier molecular flexibility index (Phi) is 6.51. The zero-order valence-corrected chi connectivity index (χ0v) is 15.1. The van der Waals surface area contributed by atoms with Crippen molar-refractivity contribution in [1.29, 1.82) is 0 Å². The molecule has 0 aliphatic heterocycles. The Morgan fingerprint density at radius 2 is 1.68 bits per heavy atom. The van der Waals surface area contributed by atoms with Crippen molar-refractivity contribution in [1.82, 2.24) is 14.5 Å². The number of hydrogen-bond acceptors (Lipinski definition) is 4. The summed E-state index contributed by atoms with van der Waals surface area (Å²) < 4.78 is 2.17. The van der Waals surface area contributed by atoms with Gasteiger partial charge in [0.05, 0.1) is 6.33 Å². The normalized spacial score (nSPS) is 12.2. The van der Waals surface area contributed by atoms with E-state index >= 15 is 0 Å². The minimum Gasteiger partial charge on any atom is -0.399 e. The van der Waals surface area contributed by atoms with E-state index in [9.17, 15) is 0 Å². The number of thioether (sulfide) groups is 1. The van der Waals surface area contributed by atoms with Gasteiger partial charge in [0.25, 0.3) is 0 Å². The molecule has 25 heavy (non-hydrogen) atoms. The van der Waals surface area contributed by atoms with Gasteiger partial charge < -0.3 is 10.3 Å². The molecule has 3 aromatic rings. The van der Waals surface area contributed by atoms with E-state index in [2.05, 4.69) is 38.8 Å². The number of nitrogen functional groups attached to an aromatic ring is 1. The summed E-state index contributed by atoms with van der Waals surface area (Å²) in [6.45, 7) is 0.998. The predicted molar refractivity (Wildman–Crippen MR) is 106 cm³/mol. The molecule has 1 unspecified atom stereocenters. The van der Waals surface area contributed by atoms with Crippen molar-refractivity contribution >= 4 is 17.4 Å². The van der Waals surface area contributed by atoms with Crippen LogP contribution >= 0.6 is 11.8 Å². The smallest absolute Gasteiger partial charge is 0.0946 e. The number of pyridine rings is 1. The molecule has 5 heteroatoms. The highest BCUT2D eigenvalue weighted by molar-refractivity contribution is 7.99. The van der Waals surface area contributed by atoms with Crippen LogP contribution in [0.3, 0.4) is 0 Å². The zero-order valence-electron chi connectivity index (χ0n) is 14.3. The molecule has 0 saturated heterocycles. The standard InChI is InChI=1S/C20H24N4S/c21-19-4-1-17(2-5-19)9-14-25-20(15-24-13-12-23-16-24)6-3-18-7-10-22-11-8-18/h1-2,4-5,7-8,10-13,16,20H,3,6,9,14-15,21H2. The Bertz CT molecular complexity index is 726. The molecule has 0 aliphatic carbocycles. The summed E-state index contributed by atoms with van der Waals surface area (Å²) in [5.41, 5.74) is 9.28. The number of nitrogens with two attached hydrogens (primary N) is 1. The van der Waals surface area contributed by atoms with Crippen LogP contribution in [-0.2, 0) is 19.4 Å². The van der Waals surface area contributed by atoms with Gasteiger partial charge in [0.15, 0.2) is 0 Å². The van der Waals surface area contributed by atoms with Crippen molar-refractivity contribution < 1.29 is 0 Å². The Morgan fingerprint density at radius 1 is 0.920 bits per heavy atom. The molecule has 0 saturated carbocycles. The average Bonchev–Trinajstić information content (AvgIpc) is 3.15. The van der Waals surface area contributed by atoms with Gasteiger partial charge in [-0.05, 0) is 60.4 Å². The lowest BCUT2D eigenvalue weighted by Crippen LogP contribution is -2.14. The molecule has 2 N–H and O–H groups in total. The molecule has 2 aromatic heterocycles. The van der Waals surface area contributed by atoms with Crippen LogP contribution < -0.4 is 5.73 Å². The van der Waals surface area contributed by atoms with Gasteiger partial charge >= 0.3 is 0 Å². The fourth-order valence-corrected chi connectivity index (χ4v) is 4.01.